The summed E-state index contributed by atoms with van der Waals surface area (Å²) in [5, 5.41) is 0. The minimum absolute atomic E-state index is 0.622. The van der Waals surface area contributed by atoms with Crippen LogP contribution in [0.25, 0.3) is 0 Å². The standard InChI is InChI=1S/C36H70N2/c1-5-8-11-13-15-16-17-18-19-20-21-23-24-27-29-34(4)38-33-32-37-36(38)35(30-26-10-7-3)31-28-25-22-14-12-9-6-2/h32-35H,5-31H2,1-4H3/p+1. The van der Waals surface area contributed by atoms with Crippen LogP contribution in [0.4, 0.5) is 0 Å². The highest BCUT2D eigenvalue weighted by atomic mass is 15.1. The monoisotopic (exact) mass is 532 g/mol. The molecule has 224 valence electrons. The van der Waals surface area contributed by atoms with Gasteiger partial charge >= 0.3 is 0 Å². The summed E-state index contributed by atoms with van der Waals surface area (Å²) in [6.45, 7) is 9.41. The molecule has 0 aliphatic carbocycles. The number of nitrogens with one attached hydrogen (secondary N) is 1. The highest BCUT2D eigenvalue weighted by molar-refractivity contribution is 4.90. The van der Waals surface area contributed by atoms with Crippen molar-refractivity contribution in [1.82, 2.24) is 4.98 Å². The van der Waals surface area contributed by atoms with E-state index in [1.807, 2.05) is 0 Å². The van der Waals surface area contributed by atoms with E-state index in [4.69, 9.17) is 0 Å². The molecule has 0 bridgehead atoms. The van der Waals surface area contributed by atoms with Crippen molar-refractivity contribution in [1.29, 1.82) is 0 Å². The molecule has 2 nitrogen and oxygen atoms in total. The van der Waals surface area contributed by atoms with Crippen molar-refractivity contribution < 1.29 is 4.57 Å². The summed E-state index contributed by atoms with van der Waals surface area (Å²) in [4.78, 5) is 3.70. The average molecular weight is 532 g/mol. The Hall–Kier alpha value is -0.790. The van der Waals surface area contributed by atoms with Crippen LogP contribution < -0.4 is 4.57 Å². The first kappa shape index (κ1) is 35.2. The van der Waals surface area contributed by atoms with Gasteiger partial charge in [0.2, 0.25) is 0 Å². The molecule has 0 spiro atoms. The lowest BCUT2D eigenvalue weighted by Gasteiger charge is -2.17. The minimum Gasteiger partial charge on any atom is -0.247 e. The first-order chi connectivity index (χ1) is 18.7. The number of H-pyrrole nitrogens is 1. The van der Waals surface area contributed by atoms with Crippen molar-refractivity contribution in [2.45, 2.75) is 213 Å². The Labute approximate surface area is 240 Å². The van der Waals surface area contributed by atoms with Crippen molar-refractivity contribution in [3.05, 3.63) is 18.2 Å². The summed E-state index contributed by atoms with van der Waals surface area (Å²) in [5.74, 6) is 2.23. The van der Waals surface area contributed by atoms with Crippen LogP contribution in [0.3, 0.4) is 0 Å². The van der Waals surface area contributed by atoms with E-state index in [2.05, 4.69) is 49.6 Å². The van der Waals surface area contributed by atoms with Crippen molar-refractivity contribution in [3.8, 4) is 0 Å². The zero-order valence-corrected chi connectivity index (χ0v) is 26.8. The molecule has 2 heteroatoms. The van der Waals surface area contributed by atoms with Gasteiger partial charge in [0.1, 0.15) is 12.4 Å². The third-order valence-electron chi connectivity index (χ3n) is 8.89. The Balaban J connectivity index is 2.25. The van der Waals surface area contributed by atoms with E-state index in [0.717, 1.165) is 0 Å². The van der Waals surface area contributed by atoms with Crippen LogP contribution in [0, 0.1) is 0 Å². The Morgan fingerprint density at radius 1 is 0.500 bits per heavy atom. The smallest absolute Gasteiger partial charge is 0.247 e. The van der Waals surface area contributed by atoms with Gasteiger partial charge in [-0.05, 0) is 32.6 Å². The predicted octanol–water partition coefficient (Wildman–Crippen LogP) is 12.5. The fourth-order valence-corrected chi connectivity index (χ4v) is 6.25. The highest BCUT2D eigenvalue weighted by Crippen LogP contribution is 2.27. The summed E-state index contributed by atoms with van der Waals surface area (Å²) in [5.41, 5.74) is 0. The number of hydrogen-bond donors (Lipinski definition) is 1. The highest BCUT2D eigenvalue weighted by Gasteiger charge is 2.25. The molecule has 2 unspecified atom stereocenters. The van der Waals surface area contributed by atoms with E-state index in [0.29, 0.717) is 12.0 Å². The topological polar surface area (TPSA) is 19.7 Å². The van der Waals surface area contributed by atoms with Crippen molar-refractivity contribution >= 4 is 0 Å². The van der Waals surface area contributed by atoms with Gasteiger partial charge in [-0.1, -0.05) is 168 Å². The summed E-state index contributed by atoms with van der Waals surface area (Å²) in [7, 11) is 0. The molecule has 0 aromatic carbocycles. The molecule has 2 atom stereocenters. The lowest BCUT2D eigenvalue weighted by atomic mass is 9.93. The van der Waals surface area contributed by atoms with Crippen LogP contribution in [0.15, 0.2) is 12.4 Å². The van der Waals surface area contributed by atoms with E-state index in [1.165, 1.54) is 179 Å². The molecule has 0 saturated carbocycles. The zero-order valence-electron chi connectivity index (χ0n) is 26.8. The molecule has 1 aromatic heterocycles. The van der Waals surface area contributed by atoms with Crippen LogP contribution in [0.1, 0.15) is 219 Å². The lowest BCUT2D eigenvalue weighted by Crippen LogP contribution is -2.41. The largest absolute Gasteiger partial charge is 0.257 e. The van der Waals surface area contributed by atoms with Crippen molar-refractivity contribution in [2.24, 2.45) is 0 Å². The zero-order chi connectivity index (χ0) is 27.5. The lowest BCUT2D eigenvalue weighted by molar-refractivity contribution is -0.727. The molecule has 0 amide bonds. The maximum atomic E-state index is 3.70. The molecule has 0 aliphatic heterocycles. The number of nitrogens with zero attached hydrogens (tertiary/aromatic N) is 1. The van der Waals surface area contributed by atoms with Crippen LogP contribution in [0.2, 0.25) is 0 Å². The maximum absolute atomic E-state index is 3.70. The van der Waals surface area contributed by atoms with Gasteiger partial charge in [-0.25, -0.2) is 9.55 Å². The summed E-state index contributed by atoms with van der Waals surface area (Å²) in [6.07, 6.45) is 42.8. The SMILES string of the molecule is CCCCCCCCCCCCCCCCC(C)[n+]1cc[nH]c1C(CCCCC)CCCCCCCCC. The molecule has 1 rings (SSSR count). The molecule has 0 saturated heterocycles. The predicted molar refractivity (Wildman–Crippen MR) is 170 cm³/mol. The van der Waals surface area contributed by atoms with Crippen LogP contribution in [-0.2, 0) is 0 Å². The van der Waals surface area contributed by atoms with Gasteiger partial charge in [-0.3, -0.25) is 0 Å². The maximum Gasteiger partial charge on any atom is 0.257 e. The number of imidazole rings is 1. The Bertz CT molecular complexity index is 592. The quantitative estimate of drug-likeness (QED) is 0.0783. The van der Waals surface area contributed by atoms with E-state index < -0.39 is 0 Å². The van der Waals surface area contributed by atoms with Crippen molar-refractivity contribution in [2.75, 3.05) is 0 Å². The van der Waals surface area contributed by atoms with Crippen LogP contribution in [-0.4, -0.2) is 4.98 Å². The molecule has 0 fully saturated rings. The van der Waals surface area contributed by atoms with Gasteiger partial charge < -0.3 is 0 Å². The number of aromatic amines is 1. The molecule has 38 heavy (non-hydrogen) atoms. The second kappa shape index (κ2) is 26.4. The number of unbranched alkanes of at least 4 members (excludes halogenated alkanes) is 21. The molecule has 0 radical (unpaired) electrons. The number of aromatic nitrogens is 2. The number of rotatable bonds is 29. The number of hydrogen-bond acceptors (Lipinski definition) is 0. The second-order valence-corrected chi connectivity index (χ2v) is 12.6. The van der Waals surface area contributed by atoms with Crippen LogP contribution >= 0.6 is 0 Å². The fraction of sp³-hybridized carbons (Fsp3) is 0.917. The fourth-order valence-electron chi connectivity index (χ4n) is 6.25. The summed E-state index contributed by atoms with van der Waals surface area (Å²) < 4.78 is 2.61. The van der Waals surface area contributed by atoms with E-state index in [9.17, 15) is 0 Å². The molecule has 1 N–H and O–H groups in total. The second-order valence-electron chi connectivity index (χ2n) is 12.6. The molecular weight excluding hydrogens is 460 g/mol. The van der Waals surface area contributed by atoms with Crippen LogP contribution in [0.5, 0.6) is 0 Å². The van der Waals surface area contributed by atoms with Gasteiger partial charge in [-0.15, -0.1) is 0 Å². The summed E-state index contributed by atoms with van der Waals surface area (Å²) >= 11 is 0. The third-order valence-corrected chi connectivity index (χ3v) is 8.89. The molecule has 1 aromatic rings. The van der Waals surface area contributed by atoms with Gasteiger partial charge in [0.25, 0.3) is 5.82 Å². The normalized spacial score (nSPS) is 13.3. The van der Waals surface area contributed by atoms with Crippen molar-refractivity contribution in [3.63, 3.8) is 0 Å². The van der Waals surface area contributed by atoms with Gasteiger partial charge in [-0.2, -0.15) is 0 Å². The first-order valence-electron chi connectivity index (χ1n) is 17.8. The molecular formula is C36H71N2+. The Morgan fingerprint density at radius 3 is 1.29 bits per heavy atom. The first-order valence-corrected chi connectivity index (χ1v) is 17.8. The van der Waals surface area contributed by atoms with E-state index >= 15 is 0 Å². The van der Waals surface area contributed by atoms with Gasteiger partial charge in [0.15, 0.2) is 0 Å². The third kappa shape index (κ3) is 18.5. The summed E-state index contributed by atoms with van der Waals surface area (Å²) in [6, 6.07) is 0.622. The molecule has 0 aliphatic rings. The van der Waals surface area contributed by atoms with Gasteiger partial charge in [0, 0.05) is 0 Å². The Kier molecular flexibility index (Phi) is 24.5. The average Bonchev–Trinajstić information content (AvgIpc) is 3.42. The minimum atomic E-state index is 0.622. The van der Waals surface area contributed by atoms with E-state index in [1.54, 1.807) is 0 Å². The Morgan fingerprint density at radius 2 is 0.842 bits per heavy atom. The van der Waals surface area contributed by atoms with Gasteiger partial charge in [0.05, 0.1) is 12.0 Å². The molecule has 1 heterocycles. The van der Waals surface area contributed by atoms with E-state index in [-0.39, 0.29) is 0 Å².